The number of hydrogen-bond donors (Lipinski definition) is 1. The Kier molecular flexibility index (Phi) is 4.27. The molecule has 0 radical (unpaired) electrons. The first-order valence-corrected chi connectivity index (χ1v) is 7.39. The largest absolute Gasteiger partial charge is 0.388 e. The van der Waals surface area contributed by atoms with E-state index in [1.165, 1.54) is 5.56 Å². The van der Waals surface area contributed by atoms with E-state index in [0.29, 0.717) is 0 Å². The van der Waals surface area contributed by atoms with E-state index in [-0.39, 0.29) is 0 Å². The van der Waals surface area contributed by atoms with Gasteiger partial charge in [-0.25, -0.2) is 0 Å². The Morgan fingerprint density at radius 2 is 1.71 bits per heavy atom. The molecular formula is C19H19NO. The van der Waals surface area contributed by atoms with Crippen LogP contribution in [0, 0.1) is 0 Å². The van der Waals surface area contributed by atoms with Crippen LogP contribution in [0.25, 0.3) is 10.9 Å². The number of para-hydroxylation sites is 1. The van der Waals surface area contributed by atoms with Gasteiger partial charge >= 0.3 is 0 Å². The number of benzene rings is 2. The Hall–Kier alpha value is -2.19. The molecule has 21 heavy (non-hydrogen) atoms. The Morgan fingerprint density at radius 3 is 2.57 bits per heavy atom. The van der Waals surface area contributed by atoms with E-state index in [9.17, 15) is 5.11 Å². The highest BCUT2D eigenvalue weighted by Gasteiger charge is 2.08. The summed E-state index contributed by atoms with van der Waals surface area (Å²) < 4.78 is 0. The highest BCUT2D eigenvalue weighted by molar-refractivity contribution is 5.78. The third-order valence-electron chi connectivity index (χ3n) is 3.78. The molecule has 106 valence electrons. The highest BCUT2D eigenvalue weighted by Crippen LogP contribution is 2.22. The molecule has 0 amide bonds. The van der Waals surface area contributed by atoms with Crippen LogP contribution < -0.4 is 0 Å². The predicted molar refractivity (Wildman–Crippen MR) is 86.1 cm³/mol. The maximum absolute atomic E-state index is 10.3. The third kappa shape index (κ3) is 3.47. The standard InChI is InChI=1S/C19H19NO/c21-19(12-6-9-15-7-2-1-3-8-15)17-13-16-10-4-5-11-18(16)20-14-17/h1-5,7-8,10-11,13-14,19,21H,6,9,12H2. The minimum atomic E-state index is -0.439. The second-order valence-electron chi connectivity index (χ2n) is 5.35. The van der Waals surface area contributed by atoms with Crippen molar-refractivity contribution in [2.75, 3.05) is 0 Å². The van der Waals surface area contributed by atoms with Gasteiger partial charge in [-0.15, -0.1) is 0 Å². The second-order valence-corrected chi connectivity index (χ2v) is 5.35. The van der Waals surface area contributed by atoms with Crippen LogP contribution in [0.1, 0.15) is 30.1 Å². The Balaban J connectivity index is 1.62. The van der Waals surface area contributed by atoms with E-state index >= 15 is 0 Å². The van der Waals surface area contributed by atoms with Crippen LogP contribution in [0.4, 0.5) is 0 Å². The highest BCUT2D eigenvalue weighted by atomic mass is 16.3. The third-order valence-corrected chi connectivity index (χ3v) is 3.78. The van der Waals surface area contributed by atoms with Crippen LogP contribution in [0.2, 0.25) is 0 Å². The number of fused-ring (bicyclic) bond motifs is 1. The molecule has 0 saturated carbocycles. The zero-order valence-corrected chi connectivity index (χ0v) is 11.9. The number of aryl methyl sites for hydroxylation is 1. The molecule has 1 atom stereocenters. The van der Waals surface area contributed by atoms with Gasteiger partial charge in [-0.2, -0.15) is 0 Å². The summed E-state index contributed by atoms with van der Waals surface area (Å²) in [4.78, 5) is 4.41. The maximum Gasteiger partial charge on any atom is 0.0805 e. The topological polar surface area (TPSA) is 33.1 Å². The average molecular weight is 277 g/mol. The zero-order chi connectivity index (χ0) is 14.5. The lowest BCUT2D eigenvalue weighted by atomic mass is 10.0. The van der Waals surface area contributed by atoms with Gasteiger partial charge in [0.25, 0.3) is 0 Å². The number of aromatic nitrogens is 1. The summed E-state index contributed by atoms with van der Waals surface area (Å²) in [5, 5.41) is 11.4. The van der Waals surface area contributed by atoms with E-state index in [2.05, 4.69) is 29.2 Å². The van der Waals surface area contributed by atoms with E-state index in [1.54, 1.807) is 6.20 Å². The second kappa shape index (κ2) is 6.51. The first-order chi connectivity index (χ1) is 10.3. The summed E-state index contributed by atoms with van der Waals surface area (Å²) in [7, 11) is 0. The molecule has 3 rings (SSSR count). The minimum Gasteiger partial charge on any atom is -0.388 e. The molecule has 1 heterocycles. The van der Waals surface area contributed by atoms with Crippen molar-refractivity contribution in [2.24, 2.45) is 0 Å². The van der Waals surface area contributed by atoms with E-state index in [4.69, 9.17) is 0 Å². The monoisotopic (exact) mass is 277 g/mol. The van der Waals surface area contributed by atoms with Crippen LogP contribution in [-0.4, -0.2) is 10.1 Å². The quantitative estimate of drug-likeness (QED) is 0.754. The van der Waals surface area contributed by atoms with Crippen molar-refractivity contribution in [3.63, 3.8) is 0 Å². The van der Waals surface area contributed by atoms with Crippen molar-refractivity contribution in [3.8, 4) is 0 Å². The molecule has 1 unspecified atom stereocenters. The van der Waals surface area contributed by atoms with Gasteiger partial charge in [0.15, 0.2) is 0 Å². The van der Waals surface area contributed by atoms with Gasteiger partial charge in [-0.3, -0.25) is 4.98 Å². The molecule has 1 N–H and O–H groups in total. The summed E-state index contributed by atoms with van der Waals surface area (Å²) >= 11 is 0. The van der Waals surface area contributed by atoms with Gasteiger partial charge < -0.3 is 5.11 Å². The van der Waals surface area contributed by atoms with Gasteiger partial charge in [-0.05, 0) is 42.5 Å². The van der Waals surface area contributed by atoms with Gasteiger partial charge in [0, 0.05) is 11.6 Å². The smallest absolute Gasteiger partial charge is 0.0805 e. The summed E-state index contributed by atoms with van der Waals surface area (Å²) in [5.41, 5.74) is 3.20. The molecule has 2 heteroatoms. The molecule has 3 aromatic rings. The lowest BCUT2D eigenvalue weighted by molar-refractivity contribution is 0.164. The number of nitrogens with zero attached hydrogens (tertiary/aromatic N) is 1. The van der Waals surface area contributed by atoms with Gasteiger partial charge in [0.2, 0.25) is 0 Å². The number of rotatable bonds is 5. The molecule has 0 aliphatic rings. The number of aliphatic hydroxyl groups excluding tert-OH is 1. The van der Waals surface area contributed by atoms with Gasteiger partial charge in [0.05, 0.1) is 11.6 Å². The van der Waals surface area contributed by atoms with Crippen molar-refractivity contribution in [3.05, 3.63) is 78.0 Å². The Bertz CT molecular complexity index is 709. The van der Waals surface area contributed by atoms with E-state index in [1.807, 2.05) is 36.4 Å². The van der Waals surface area contributed by atoms with Crippen LogP contribution in [0.5, 0.6) is 0 Å². The number of hydrogen-bond acceptors (Lipinski definition) is 2. The fraction of sp³-hybridized carbons (Fsp3) is 0.211. The maximum atomic E-state index is 10.3. The zero-order valence-electron chi connectivity index (χ0n) is 11.9. The Morgan fingerprint density at radius 1 is 0.952 bits per heavy atom. The Labute approximate surface area is 125 Å². The normalized spacial score (nSPS) is 12.4. The molecule has 0 fully saturated rings. The molecule has 0 spiro atoms. The van der Waals surface area contributed by atoms with E-state index in [0.717, 1.165) is 35.7 Å². The van der Waals surface area contributed by atoms with Crippen molar-refractivity contribution in [1.82, 2.24) is 4.98 Å². The summed E-state index contributed by atoms with van der Waals surface area (Å²) in [6, 6.07) is 20.4. The van der Waals surface area contributed by atoms with Gasteiger partial charge in [-0.1, -0.05) is 48.5 Å². The molecule has 0 aliphatic carbocycles. The molecule has 0 bridgehead atoms. The summed E-state index contributed by atoms with van der Waals surface area (Å²) in [6.45, 7) is 0. The van der Waals surface area contributed by atoms with Crippen molar-refractivity contribution >= 4 is 10.9 Å². The summed E-state index contributed by atoms with van der Waals surface area (Å²) in [5.74, 6) is 0. The molecule has 0 aliphatic heterocycles. The first kappa shape index (κ1) is 13.8. The van der Waals surface area contributed by atoms with Crippen molar-refractivity contribution in [2.45, 2.75) is 25.4 Å². The molecule has 2 aromatic carbocycles. The minimum absolute atomic E-state index is 0.439. The molecule has 0 saturated heterocycles. The van der Waals surface area contributed by atoms with E-state index < -0.39 is 6.10 Å². The van der Waals surface area contributed by atoms with Crippen molar-refractivity contribution < 1.29 is 5.11 Å². The molecule has 2 nitrogen and oxygen atoms in total. The molecule has 1 aromatic heterocycles. The number of pyridine rings is 1. The van der Waals surface area contributed by atoms with Gasteiger partial charge in [0.1, 0.15) is 0 Å². The number of aliphatic hydroxyl groups is 1. The fourth-order valence-corrected chi connectivity index (χ4v) is 2.58. The first-order valence-electron chi connectivity index (χ1n) is 7.39. The fourth-order valence-electron chi connectivity index (χ4n) is 2.58. The molecular weight excluding hydrogens is 258 g/mol. The van der Waals surface area contributed by atoms with Crippen LogP contribution in [0.3, 0.4) is 0 Å². The summed E-state index contributed by atoms with van der Waals surface area (Å²) in [6.07, 6.45) is 4.08. The SMILES string of the molecule is OC(CCCc1ccccc1)c1cnc2ccccc2c1. The average Bonchev–Trinajstić information content (AvgIpc) is 2.55. The lowest BCUT2D eigenvalue weighted by Gasteiger charge is -2.11. The van der Waals surface area contributed by atoms with Crippen molar-refractivity contribution in [1.29, 1.82) is 0 Å². The lowest BCUT2D eigenvalue weighted by Crippen LogP contribution is -1.99. The predicted octanol–water partition coefficient (Wildman–Crippen LogP) is 4.29. The van der Waals surface area contributed by atoms with Crippen LogP contribution >= 0.6 is 0 Å². The van der Waals surface area contributed by atoms with Crippen LogP contribution in [-0.2, 0) is 6.42 Å². The van der Waals surface area contributed by atoms with Crippen LogP contribution in [0.15, 0.2) is 66.9 Å².